The number of carbonyl (C=O) groups excluding carboxylic acids is 1. The van der Waals surface area contributed by atoms with E-state index in [1.165, 1.54) is 25.7 Å². The van der Waals surface area contributed by atoms with E-state index < -0.39 is 0 Å². The van der Waals surface area contributed by atoms with Gasteiger partial charge in [-0.3, -0.25) is 4.79 Å². The lowest BCUT2D eigenvalue weighted by Gasteiger charge is -2.30. The van der Waals surface area contributed by atoms with E-state index in [9.17, 15) is 4.79 Å². The quantitative estimate of drug-likeness (QED) is 0.831. The van der Waals surface area contributed by atoms with E-state index >= 15 is 0 Å². The van der Waals surface area contributed by atoms with Crippen LogP contribution in [0.3, 0.4) is 0 Å². The molecular formula is C18H31N5O. The van der Waals surface area contributed by atoms with Crippen molar-refractivity contribution in [3.63, 3.8) is 0 Å². The van der Waals surface area contributed by atoms with Gasteiger partial charge in [-0.1, -0.05) is 12.8 Å². The molecule has 6 nitrogen and oxygen atoms in total. The molecule has 134 valence electrons. The third-order valence-electron chi connectivity index (χ3n) is 4.47. The van der Waals surface area contributed by atoms with Crippen LogP contribution in [0.5, 0.6) is 0 Å². The molecule has 0 aliphatic carbocycles. The summed E-state index contributed by atoms with van der Waals surface area (Å²) in [6.07, 6.45) is 8.45. The van der Waals surface area contributed by atoms with Crippen LogP contribution in [0.2, 0.25) is 0 Å². The lowest BCUT2D eigenvalue weighted by molar-refractivity contribution is 0.0681. The first kappa shape index (κ1) is 18.6. The molecule has 2 heterocycles. The first-order chi connectivity index (χ1) is 11.6. The molecule has 2 rings (SSSR count). The van der Waals surface area contributed by atoms with Crippen LogP contribution in [0.25, 0.3) is 0 Å². The average Bonchev–Trinajstić information content (AvgIpc) is 2.84. The maximum Gasteiger partial charge on any atom is 0.257 e. The van der Waals surface area contributed by atoms with Gasteiger partial charge in [0.05, 0.1) is 5.56 Å². The van der Waals surface area contributed by atoms with Crippen molar-refractivity contribution in [1.29, 1.82) is 0 Å². The predicted molar refractivity (Wildman–Crippen MR) is 97.3 cm³/mol. The average molecular weight is 333 g/mol. The molecule has 1 aromatic heterocycles. The molecule has 1 aliphatic rings. The standard InChI is InChI=1S/C18H31N5O/c1-4-19-18-20-13-16(14-21-18)17(24)23(15(2)3)12-11-22-9-7-5-6-8-10-22/h13-15H,4-12H2,1-3H3,(H,19,20,21). The number of hydrogen-bond acceptors (Lipinski definition) is 5. The van der Waals surface area contributed by atoms with Crippen molar-refractivity contribution >= 4 is 11.9 Å². The number of amides is 1. The van der Waals surface area contributed by atoms with Crippen molar-refractivity contribution in [3.8, 4) is 0 Å². The largest absolute Gasteiger partial charge is 0.355 e. The molecule has 24 heavy (non-hydrogen) atoms. The fraction of sp³-hybridized carbons (Fsp3) is 0.722. The van der Waals surface area contributed by atoms with Gasteiger partial charge in [0.1, 0.15) is 0 Å². The van der Waals surface area contributed by atoms with Gasteiger partial charge in [-0.05, 0) is 46.7 Å². The molecule has 6 heteroatoms. The fourth-order valence-corrected chi connectivity index (χ4v) is 3.06. The number of likely N-dealkylation sites (tertiary alicyclic amines) is 1. The van der Waals surface area contributed by atoms with Gasteiger partial charge in [0.15, 0.2) is 0 Å². The zero-order valence-corrected chi connectivity index (χ0v) is 15.3. The first-order valence-electron chi connectivity index (χ1n) is 9.21. The lowest BCUT2D eigenvalue weighted by atomic mass is 10.2. The molecule has 0 spiro atoms. The van der Waals surface area contributed by atoms with E-state index in [2.05, 4.69) is 34.0 Å². The Morgan fingerprint density at radius 2 is 1.83 bits per heavy atom. The second-order valence-electron chi connectivity index (χ2n) is 6.67. The van der Waals surface area contributed by atoms with Crippen LogP contribution < -0.4 is 5.32 Å². The van der Waals surface area contributed by atoms with E-state index in [1.807, 2.05) is 11.8 Å². The van der Waals surface area contributed by atoms with E-state index in [4.69, 9.17) is 0 Å². The van der Waals surface area contributed by atoms with Gasteiger partial charge in [-0.15, -0.1) is 0 Å². The molecular weight excluding hydrogens is 302 g/mol. The maximum absolute atomic E-state index is 12.8. The minimum atomic E-state index is 0.0165. The Morgan fingerprint density at radius 3 is 2.38 bits per heavy atom. The predicted octanol–water partition coefficient (Wildman–Crippen LogP) is 2.64. The van der Waals surface area contributed by atoms with Gasteiger partial charge >= 0.3 is 0 Å². The maximum atomic E-state index is 12.8. The SMILES string of the molecule is CCNc1ncc(C(=O)N(CCN2CCCCCC2)C(C)C)cn1. The molecule has 0 radical (unpaired) electrons. The van der Waals surface area contributed by atoms with E-state index in [0.29, 0.717) is 11.5 Å². The third kappa shape index (κ3) is 5.44. The van der Waals surface area contributed by atoms with Crippen LogP contribution in [0.4, 0.5) is 5.95 Å². The summed E-state index contributed by atoms with van der Waals surface area (Å²) < 4.78 is 0. The van der Waals surface area contributed by atoms with Crippen LogP contribution in [0.1, 0.15) is 56.8 Å². The molecule has 0 unspecified atom stereocenters. The third-order valence-corrected chi connectivity index (χ3v) is 4.47. The van der Waals surface area contributed by atoms with Gasteiger partial charge in [0.25, 0.3) is 5.91 Å². The molecule has 1 fully saturated rings. The Morgan fingerprint density at radius 1 is 1.21 bits per heavy atom. The monoisotopic (exact) mass is 333 g/mol. The second-order valence-corrected chi connectivity index (χ2v) is 6.67. The number of rotatable bonds is 7. The summed E-state index contributed by atoms with van der Waals surface area (Å²) in [5.41, 5.74) is 0.557. The summed E-state index contributed by atoms with van der Waals surface area (Å²) in [6.45, 7) is 10.9. The van der Waals surface area contributed by atoms with Gasteiger partial charge < -0.3 is 15.1 Å². The van der Waals surface area contributed by atoms with E-state index in [0.717, 1.165) is 32.7 Å². The molecule has 1 N–H and O–H groups in total. The summed E-state index contributed by atoms with van der Waals surface area (Å²) >= 11 is 0. The highest BCUT2D eigenvalue weighted by Crippen LogP contribution is 2.12. The first-order valence-corrected chi connectivity index (χ1v) is 9.21. The Bertz CT molecular complexity index is 495. The molecule has 1 saturated heterocycles. The molecule has 0 aromatic carbocycles. The number of carbonyl (C=O) groups is 1. The normalized spacial score (nSPS) is 16.0. The highest BCUT2D eigenvalue weighted by atomic mass is 16.2. The van der Waals surface area contributed by atoms with Crippen molar-refractivity contribution in [2.75, 3.05) is 38.0 Å². The molecule has 1 aromatic rings. The van der Waals surface area contributed by atoms with Crippen LogP contribution >= 0.6 is 0 Å². The number of anilines is 1. The highest BCUT2D eigenvalue weighted by Gasteiger charge is 2.20. The molecule has 1 amide bonds. The smallest absolute Gasteiger partial charge is 0.257 e. The Kier molecular flexibility index (Phi) is 7.43. The van der Waals surface area contributed by atoms with Crippen LogP contribution in [-0.4, -0.2) is 64.4 Å². The fourth-order valence-electron chi connectivity index (χ4n) is 3.06. The molecule has 0 bridgehead atoms. The number of nitrogens with one attached hydrogen (secondary N) is 1. The van der Waals surface area contributed by atoms with Gasteiger partial charge in [0.2, 0.25) is 5.95 Å². The van der Waals surface area contributed by atoms with E-state index in [-0.39, 0.29) is 11.9 Å². The summed E-state index contributed by atoms with van der Waals surface area (Å²) in [6, 6.07) is 0.165. The lowest BCUT2D eigenvalue weighted by Crippen LogP contribution is -2.42. The Hall–Kier alpha value is -1.69. The highest BCUT2D eigenvalue weighted by molar-refractivity contribution is 5.93. The summed E-state index contributed by atoms with van der Waals surface area (Å²) in [5.74, 6) is 0.581. The second kappa shape index (κ2) is 9.57. The van der Waals surface area contributed by atoms with Crippen molar-refractivity contribution in [2.24, 2.45) is 0 Å². The van der Waals surface area contributed by atoms with E-state index in [1.54, 1.807) is 12.4 Å². The molecule has 1 aliphatic heterocycles. The van der Waals surface area contributed by atoms with Crippen molar-refractivity contribution in [1.82, 2.24) is 19.8 Å². The van der Waals surface area contributed by atoms with Crippen molar-refractivity contribution < 1.29 is 4.79 Å². The molecule has 0 saturated carbocycles. The summed E-state index contributed by atoms with van der Waals surface area (Å²) in [7, 11) is 0. The van der Waals surface area contributed by atoms with Crippen LogP contribution in [0.15, 0.2) is 12.4 Å². The van der Waals surface area contributed by atoms with Crippen molar-refractivity contribution in [2.45, 2.75) is 52.5 Å². The van der Waals surface area contributed by atoms with Gasteiger partial charge in [-0.2, -0.15) is 0 Å². The summed E-state index contributed by atoms with van der Waals surface area (Å²) in [4.78, 5) is 25.6. The van der Waals surface area contributed by atoms with Gasteiger partial charge in [0, 0.05) is 38.1 Å². The van der Waals surface area contributed by atoms with Crippen LogP contribution in [-0.2, 0) is 0 Å². The van der Waals surface area contributed by atoms with Crippen molar-refractivity contribution in [3.05, 3.63) is 18.0 Å². The topological polar surface area (TPSA) is 61.4 Å². The number of hydrogen-bond donors (Lipinski definition) is 1. The van der Waals surface area contributed by atoms with Crippen LogP contribution in [0, 0.1) is 0 Å². The van der Waals surface area contributed by atoms with Gasteiger partial charge in [-0.25, -0.2) is 9.97 Å². The number of nitrogens with zero attached hydrogens (tertiary/aromatic N) is 4. The minimum absolute atomic E-state index is 0.0165. The minimum Gasteiger partial charge on any atom is -0.355 e. The molecule has 0 atom stereocenters. The Balaban J connectivity index is 1.96. The number of aromatic nitrogens is 2. The zero-order chi connectivity index (χ0) is 17.4. The summed E-state index contributed by atoms with van der Waals surface area (Å²) in [5, 5.41) is 3.05. The Labute approximate surface area is 145 Å². The zero-order valence-electron chi connectivity index (χ0n) is 15.3.